The standard InChI is InChI=1S/C16H15F3N2O5S2/c1-4-27-15(23)26-13-11(8-20-21(2)14(13)22)10-6-5-9(16(17,18)19)7-12(10)28(3,24)25/h5-8H,4H2,1-3H3. The Labute approximate surface area is 162 Å². The fourth-order valence-electron chi connectivity index (χ4n) is 2.27. The first kappa shape index (κ1) is 22.0. The molecule has 0 aliphatic heterocycles. The summed E-state index contributed by atoms with van der Waals surface area (Å²) in [6.07, 6.45) is -2.98. The Morgan fingerprint density at radius 3 is 2.46 bits per heavy atom. The van der Waals surface area contributed by atoms with Gasteiger partial charge < -0.3 is 4.74 Å². The van der Waals surface area contributed by atoms with Crippen LogP contribution in [0.4, 0.5) is 18.0 Å². The van der Waals surface area contributed by atoms with Gasteiger partial charge >= 0.3 is 17.0 Å². The first-order valence-corrected chi connectivity index (χ1v) is 10.6. The lowest BCUT2D eigenvalue weighted by Gasteiger charge is -2.15. The number of alkyl halides is 3. The lowest BCUT2D eigenvalue weighted by molar-refractivity contribution is -0.137. The Morgan fingerprint density at radius 1 is 1.29 bits per heavy atom. The highest BCUT2D eigenvalue weighted by Crippen LogP contribution is 2.37. The van der Waals surface area contributed by atoms with Gasteiger partial charge in [0.25, 0.3) is 0 Å². The maximum atomic E-state index is 13.0. The molecule has 0 N–H and O–H groups in total. The average Bonchev–Trinajstić information content (AvgIpc) is 2.57. The lowest BCUT2D eigenvalue weighted by Crippen LogP contribution is -2.23. The topological polar surface area (TPSA) is 95.3 Å². The number of benzene rings is 1. The normalized spacial score (nSPS) is 12.1. The van der Waals surface area contributed by atoms with Gasteiger partial charge in [0.1, 0.15) is 0 Å². The van der Waals surface area contributed by atoms with Crippen molar-refractivity contribution in [2.75, 3.05) is 12.0 Å². The van der Waals surface area contributed by atoms with Gasteiger partial charge in [0.05, 0.1) is 22.2 Å². The predicted octanol–water partition coefficient (Wildman–Crippen LogP) is 3.12. The zero-order valence-corrected chi connectivity index (χ0v) is 16.5. The largest absolute Gasteiger partial charge is 0.416 e. The van der Waals surface area contributed by atoms with Crippen molar-refractivity contribution in [2.45, 2.75) is 18.0 Å². The Morgan fingerprint density at radius 2 is 1.93 bits per heavy atom. The Bertz CT molecular complexity index is 1080. The van der Waals surface area contributed by atoms with Crippen LogP contribution in [0.5, 0.6) is 5.75 Å². The van der Waals surface area contributed by atoms with Gasteiger partial charge in [-0.05, 0) is 23.9 Å². The minimum atomic E-state index is -4.77. The number of nitrogens with zero attached hydrogens (tertiary/aromatic N) is 2. The molecule has 0 saturated carbocycles. The molecular weight excluding hydrogens is 421 g/mol. The number of sulfone groups is 1. The van der Waals surface area contributed by atoms with Gasteiger partial charge in [0.15, 0.2) is 9.84 Å². The number of carbonyl (C=O) groups is 1. The van der Waals surface area contributed by atoms with E-state index in [4.69, 9.17) is 4.74 Å². The van der Waals surface area contributed by atoms with Gasteiger partial charge in [-0.2, -0.15) is 18.3 Å². The smallest absolute Gasteiger partial charge is 0.412 e. The highest BCUT2D eigenvalue weighted by atomic mass is 32.2. The second-order valence-corrected chi connectivity index (χ2v) is 8.77. The molecular formula is C16H15F3N2O5S2. The molecule has 2 aromatic rings. The minimum absolute atomic E-state index is 0.206. The fraction of sp³-hybridized carbons (Fsp3) is 0.312. The Hall–Kier alpha value is -2.34. The number of carbonyl (C=O) groups excluding carboxylic acids is 1. The van der Waals surface area contributed by atoms with Gasteiger partial charge in [0, 0.05) is 24.6 Å². The van der Waals surface area contributed by atoms with Crippen LogP contribution in [0.3, 0.4) is 0 Å². The zero-order valence-electron chi connectivity index (χ0n) is 14.9. The molecule has 0 atom stereocenters. The van der Waals surface area contributed by atoms with E-state index in [1.165, 1.54) is 7.05 Å². The SMILES string of the molecule is CCSC(=O)Oc1c(-c2ccc(C(F)(F)F)cc2S(C)(=O)=O)cnn(C)c1=O. The molecule has 0 amide bonds. The number of rotatable bonds is 4. The number of thioether (sulfide) groups is 1. The second kappa shape index (κ2) is 7.95. The Balaban J connectivity index is 2.79. The molecule has 0 aliphatic carbocycles. The third-order valence-electron chi connectivity index (χ3n) is 3.54. The third kappa shape index (κ3) is 4.73. The van der Waals surface area contributed by atoms with Crippen LogP contribution in [-0.4, -0.2) is 35.5 Å². The Kier molecular flexibility index (Phi) is 6.24. The number of aromatic nitrogens is 2. The minimum Gasteiger partial charge on any atom is -0.412 e. The van der Waals surface area contributed by atoms with Crippen LogP contribution in [0, 0.1) is 0 Å². The summed E-state index contributed by atoms with van der Waals surface area (Å²) in [4.78, 5) is 23.5. The first-order chi connectivity index (χ1) is 12.9. The van der Waals surface area contributed by atoms with Crippen LogP contribution in [-0.2, 0) is 23.1 Å². The summed E-state index contributed by atoms with van der Waals surface area (Å²) in [5, 5.41) is 2.93. The van der Waals surface area contributed by atoms with Crippen molar-refractivity contribution >= 4 is 26.9 Å². The summed E-state index contributed by atoms with van der Waals surface area (Å²) in [6.45, 7) is 1.68. The van der Waals surface area contributed by atoms with Crippen LogP contribution in [0.15, 0.2) is 34.1 Å². The monoisotopic (exact) mass is 436 g/mol. The van der Waals surface area contributed by atoms with E-state index in [1.807, 2.05) is 0 Å². The zero-order chi connectivity index (χ0) is 21.3. The van der Waals surface area contributed by atoms with Crippen LogP contribution >= 0.6 is 11.8 Å². The number of halogens is 3. The van der Waals surface area contributed by atoms with E-state index in [0.717, 1.165) is 35.0 Å². The summed E-state index contributed by atoms with van der Waals surface area (Å²) >= 11 is 0.763. The van der Waals surface area contributed by atoms with Crippen molar-refractivity contribution in [1.82, 2.24) is 9.78 Å². The molecule has 28 heavy (non-hydrogen) atoms. The van der Waals surface area contributed by atoms with E-state index in [-0.39, 0.29) is 11.1 Å². The molecule has 0 unspecified atom stereocenters. The molecule has 0 aliphatic rings. The van der Waals surface area contributed by atoms with Crippen molar-refractivity contribution in [1.29, 1.82) is 0 Å². The van der Waals surface area contributed by atoms with Crippen LogP contribution in [0.25, 0.3) is 11.1 Å². The van der Waals surface area contributed by atoms with Gasteiger partial charge in [-0.1, -0.05) is 13.0 Å². The second-order valence-electron chi connectivity index (χ2n) is 5.58. The van der Waals surface area contributed by atoms with E-state index >= 15 is 0 Å². The maximum Gasteiger partial charge on any atom is 0.416 e. The first-order valence-electron chi connectivity index (χ1n) is 7.68. The van der Waals surface area contributed by atoms with Gasteiger partial charge in [0.2, 0.25) is 5.75 Å². The summed E-state index contributed by atoms with van der Waals surface area (Å²) in [5.41, 5.74) is -2.46. The molecule has 12 heteroatoms. The molecule has 0 fully saturated rings. The quantitative estimate of drug-likeness (QED) is 0.680. The average molecular weight is 436 g/mol. The third-order valence-corrected chi connectivity index (χ3v) is 5.28. The molecule has 1 aromatic heterocycles. The van der Waals surface area contributed by atoms with Gasteiger partial charge in [-0.15, -0.1) is 0 Å². The lowest BCUT2D eigenvalue weighted by atomic mass is 10.0. The predicted molar refractivity (Wildman–Crippen MR) is 97.2 cm³/mol. The van der Waals surface area contributed by atoms with Crippen molar-refractivity contribution in [3.05, 3.63) is 40.3 Å². The number of aryl methyl sites for hydroxylation is 1. The van der Waals surface area contributed by atoms with E-state index < -0.39 is 43.1 Å². The van der Waals surface area contributed by atoms with E-state index in [0.29, 0.717) is 17.9 Å². The van der Waals surface area contributed by atoms with E-state index in [9.17, 15) is 31.2 Å². The summed E-state index contributed by atoms with van der Waals surface area (Å²) < 4.78 is 69.2. The number of hydrogen-bond acceptors (Lipinski definition) is 7. The molecule has 1 aromatic carbocycles. The molecule has 7 nitrogen and oxygen atoms in total. The summed E-state index contributed by atoms with van der Waals surface area (Å²) in [5.74, 6) is -0.165. The molecule has 0 spiro atoms. The summed E-state index contributed by atoms with van der Waals surface area (Å²) in [7, 11) is -2.85. The summed E-state index contributed by atoms with van der Waals surface area (Å²) in [6, 6.07) is 2.04. The van der Waals surface area contributed by atoms with Gasteiger partial charge in [-0.3, -0.25) is 4.79 Å². The van der Waals surface area contributed by atoms with Crippen molar-refractivity contribution in [3.63, 3.8) is 0 Å². The molecule has 0 bridgehead atoms. The number of ether oxygens (including phenoxy) is 1. The van der Waals surface area contributed by atoms with E-state index in [1.54, 1.807) is 6.92 Å². The maximum absolute atomic E-state index is 13.0. The molecule has 0 radical (unpaired) electrons. The highest BCUT2D eigenvalue weighted by Gasteiger charge is 2.33. The van der Waals surface area contributed by atoms with Crippen molar-refractivity contribution in [2.24, 2.45) is 7.05 Å². The molecule has 152 valence electrons. The molecule has 1 heterocycles. The van der Waals surface area contributed by atoms with Crippen LogP contribution < -0.4 is 10.3 Å². The van der Waals surface area contributed by atoms with E-state index in [2.05, 4.69) is 5.10 Å². The molecule has 2 rings (SSSR count). The van der Waals surface area contributed by atoms with Crippen molar-refractivity contribution < 1.29 is 31.1 Å². The van der Waals surface area contributed by atoms with Crippen LogP contribution in [0.1, 0.15) is 12.5 Å². The highest BCUT2D eigenvalue weighted by molar-refractivity contribution is 8.13. The van der Waals surface area contributed by atoms with Crippen LogP contribution in [0.2, 0.25) is 0 Å². The van der Waals surface area contributed by atoms with Gasteiger partial charge in [-0.25, -0.2) is 17.9 Å². The number of hydrogen-bond donors (Lipinski definition) is 0. The molecule has 0 saturated heterocycles. The fourth-order valence-corrected chi connectivity index (χ4v) is 3.56. The van der Waals surface area contributed by atoms with Crippen molar-refractivity contribution in [3.8, 4) is 16.9 Å².